The minimum absolute atomic E-state index is 0.116. The lowest BCUT2D eigenvalue weighted by atomic mass is 10.2. The van der Waals surface area contributed by atoms with E-state index in [2.05, 4.69) is 10.9 Å². The van der Waals surface area contributed by atoms with Gasteiger partial charge in [-0.2, -0.15) is 0 Å². The molecule has 23 heavy (non-hydrogen) atoms. The first-order valence-corrected chi connectivity index (χ1v) is 7.99. The van der Waals surface area contributed by atoms with E-state index in [1.165, 1.54) is 30.0 Å². The predicted octanol–water partition coefficient (Wildman–Crippen LogP) is 3.00. The highest BCUT2D eigenvalue weighted by Gasteiger charge is 2.12. The standard InChI is InChI=1S/C17H17FN2O2S/c1-11-7-8-12(2)15(9-11)23-10-16(21)19-20-17(22)13-5-3-4-6-14(13)18/h3-9H,10H2,1-2H3,(H,19,21)(H,20,22). The fraction of sp³-hybridized carbons (Fsp3) is 0.176. The van der Waals surface area contributed by atoms with Gasteiger partial charge in [0.1, 0.15) is 5.82 Å². The molecule has 2 aromatic rings. The van der Waals surface area contributed by atoms with Crippen LogP contribution in [0.15, 0.2) is 47.4 Å². The smallest absolute Gasteiger partial charge is 0.272 e. The zero-order valence-electron chi connectivity index (χ0n) is 12.9. The van der Waals surface area contributed by atoms with Crippen LogP contribution in [-0.2, 0) is 4.79 Å². The van der Waals surface area contributed by atoms with E-state index >= 15 is 0 Å². The maximum atomic E-state index is 13.4. The van der Waals surface area contributed by atoms with Crippen molar-refractivity contribution >= 4 is 23.6 Å². The molecule has 0 atom stereocenters. The molecule has 0 saturated carbocycles. The van der Waals surface area contributed by atoms with Gasteiger partial charge in [0.15, 0.2) is 0 Å². The number of rotatable bonds is 4. The molecule has 0 spiro atoms. The molecule has 0 radical (unpaired) electrons. The van der Waals surface area contributed by atoms with Crippen LogP contribution in [0.5, 0.6) is 0 Å². The van der Waals surface area contributed by atoms with Crippen molar-refractivity contribution in [2.24, 2.45) is 0 Å². The van der Waals surface area contributed by atoms with E-state index in [4.69, 9.17) is 0 Å². The van der Waals surface area contributed by atoms with Crippen molar-refractivity contribution < 1.29 is 14.0 Å². The molecule has 2 rings (SSSR count). The topological polar surface area (TPSA) is 58.2 Å². The second kappa shape index (κ2) is 7.78. The van der Waals surface area contributed by atoms with E-state index in [0.717, 1.165) is 16.0 Å². The van der Waals surface area contributed by atoms with Crippen molar-refractivity contribution in [1.29, 1.82) is 0 Å². The minimum Gasteiger partial charge on any atom is -0.272 e. The van der Waals surface area contributed by atoms with Gasteiger partial charge in [-0.1, -0.05) is 29.8 Å². The molecule has 2 N–H and O–H groups in total. The van der Waals surface area contributed by atoms with Gasteiger partial charge in [0, 0.05) is 4.90 Å². The van der Waals surface area contributed by atoms with E-state index in [-0.39, 0.29) is 17.2 Å². The number of nitrogens with one attached hydrogen (secondary N) is 2. The van der Waals surface area contributed by atoms with Crippen LogP contribution in [0.1, 0.15) is 21.5 Å². The third-order valence-corrected chi connectivity index (χ3v) is 4.29. The number of benzene rings is 2. The number of carbonyl (C=O) groups excluding carboxylic acids is 2. The molecule has 120 valence electrons. The third-order valence-electron chi connectivity index (χ3n) is 3.14. The quantitative estimate of drug-likeness (QED) is 0.668. The maximum absolute atomic E-state index is 13.4. The summed E-state index contributed by atoms with van der Waals surface area (Å²) in [5.41, 5.74) is 6.58. The second-order valence-corrected chi connectivity index (χ2v) is 6.06. The average Bonchev–Trinajstić information content (AvgIpc) is 2.54. The van der Waals surface area contributed by atoms with Crippen molar-refractivity contribution in [3.8, 4) is 0 Å². The van der Waals surface area contributed by atoms with Gasteiger partial charge >= 0.3 is 0 Å². The predicted molar refractivity (Wildman–Crippen MR) is 88.6 cm³/mol. The first-order valence-electron chi connectivity index (χ1n) is 7.01. The minimum atomic E-state index is -0.687. The number of thioether (sulfide) groups is 1. The molecule has 4 nitrogen and oxygen atoms in total. The Kier molecular flexibility index (Phi) is 5.76. The molecule has 0 fully saturated rings. The molecule has 6 heteroatoms. The van der Waals surface area contributed by atoms with Gasteiger partial charge in [0.2, 0.25) is 5.91 Å². The van der Waals surface area contributed by atoms with Crippen molar-refractivity contribution in [3.05, 3.63) is 65.0 Å². The Bertz CT molecular complexity index is 734. The van der Waals surface area contributed by atoms with Crippen molar-refractivity contribution in [2.75, 3.05) is 5.75 Å². The molecule has 2 amide bonds. The molecule has 0 unspecified atom stereocenters. The lowest BCUT2D eigenvalue weighted by molar-refractivity contribution is -0.119. The van der Waals surface area contributed by atoms with Crippen LogP contribution in [0, 0.1) is 19.7 Å². The van der Waals surface area contributed by atoms with E-state index in [0.29, 0.717) is 0 Å². The molecule has 0 bridgehead atoms. The maximum Gasteiger partial charge on any atom is 0.272 e. The van der Waals surface area contributed by atoms with Crippen molar-refractivity contribution in [1.82, 2.24) is 10.9 Å². The largest absolute Gasteiger partial charge is 0.272 e. The van der Waals surface area contributed by atoms with Gasteiger partial charge in [-0.3, -0.25) is 20.4 Å². The molecule has 2 aromatic carbocycles. The molecule has 0 heterocycles. The summed E-state index contributed by atoms with van der Waals surface area (Å²) in [4.78, 5) is 24.6. The van der Waals surface area contributed by atoms with Gasteiger partial charge in [-0.25, -0.2) is 4.39 Å². The first kappa shape index (κ1) is 17.0. The van der Waals surface area contributed by atoms with E-state index in [1.807, 2.05) is 32.0 Å². The fourth-order valence-corrected chi connectivity index (χ4v) is 2.81. The summed E-state index contributed by atoms with van der Waals surface area (Å²) in [6.45, 7) is 3.96. The number of hydrogen-bond acceptors (Lipinski definition) is 3. The molecular formula is C17H17FN2O2S. The van der Waals surface area contributed by atoms with Gasteiger partial charge in [-0.05, 0) is 37.6 Å². The van der Waals surface area contributed by atoms with Gasteiger partial charge in [0.25, 0.3) is 5.91 Å². The fourth-order valence-electron chi connectivity index (χ4n) is 1.88. The Balaban J connectivity index is 1.85. The number of hydrazine groups is 1. The SMILES string of the molecule is Cc1ccc(C)c(SCC(=O)NNC(=O)c2ccccc2F)c1. The summed E-state index contributed by atoms with van der Waals surface area (Å²) >= 11 is 1.38. The average molecular weight is 332 g/mol. The highest BCUT2D eigenvalue weighted by atomic mass is 32.2. The van der Waals surface area contributed by atoms with Crippen LogP contribution in [0.2, 0.25) is 0 Å². The first-order chi connectivity index (χ1) is 11.0. The number of hydrogen-bond donors (Lipinski definition) is 2. The van der Waals surface area contributed by atoms with Crippen LogP contribution < -0.4 is 10.9 Å². The van der Waals surface area contributed by atoms with Gasteiger partial charge < -0.3 is 0 Å². The Hall–Kier alpha value is -2.34. The van der Waals surface area contributed by atoms with E-state index in [9.17, 15) is 14.0 Å². The number of amides is 2. The summed E-state index contributed by atoms with van der Waals surface area (Å²) in [5.74, 6) is -1.53. The lowest BCUT2D eigenvalue weighted by Crippen LogP contribution is -2.42. The summed E-state index contributed by atoms with van der Waals surface area (Å²) in [7, 11) is 0. The molecule has 0 aliphatic rings. The van der Waals surface area contributed by atoms with Crippen LogP contribution >= 0.6 is 11.8 Å². The Morgan fingerprint density at radius 1 is 1.09 bits per heavy atom. The Morgan fingerprint density at radius 2 is 1.83 bits per heavy atom. The monoisotopic (exact) mass is 332 g/mol. The molecule has 0 aliphatic carbocycles. The number of halogens is 1. The van der Waals surface area contributed by atoms with Gasteiger partial charge in [-0.15, -0.1) is 11.8 Å². The summed E-state index contributed by atoms with van der Waals surface area (Å²) < 4.78 is 13.4. The molecule has 0 aromatic heterocycles. The van der Waals surface area contributed by atoms with E-state index < -0.39 is 11.7 Å². The molecular weight excluding hydrogens is 315 g/mol. The number of aryl methyl sites for hydroxylation is 2. The lowest BCUT2D eigenvalue weighted by Gasteiger charge is -2.09. The van der Waals surface area contributed by atoms with E-state index in [1.54, 1.807) is 6.07 Å². The zero-order chi connectivity index (χ0) is 16.8. The Morgan fingerprint density at radius 3 is 2.57 bits per heavy atom. The number of carbonyl (C=O) groups is 2. The third kappa shape index (κ3) is 4.82. The highest BCUT2D eigenvalue weighted by Crippen LogP contribution is 2.23. The summed E-state index contributed by atoms with van der Waals surface area (Å²) in [6, 6.07) is 11.6. The summed E-state index contributed by atoms with van der Waals surface area (Å²) in [5, 5.41) is 0. The van der Waals surface area contributed by atoms with Crippen molar-refractivity contribution in [3.63, 3.8) is 0 Å². The Labute approximate surface area is 138 Å². The van der Waals surface area contributed by atoms with Gasteiger partial charge in [0.05, 0.1) is 11.3 Å². The van der Waals surface area contributed by atoms with Crippen LogP contribution in [0.25, 0.3) is 0 Å². The summed E-state index contributed by atoms with van der Waals surface area (Å²) in [6.07, 6.45) is 0. The van der Waals surface area contributed by atoms with Crippen molar-refractivity contribution in [2.45, 2.75) is 18.7 Å². The highest BCUT2D eigenvalue weighted by molar-refractivity contribution is 8.00. The zero-order valence-corrected chi connectivity index (χ0v) is 13.7. The van der Waals surface area contributed by atoms with Crippen LogP contribution in [-0.4, -0.2) is 17.6 Å². The molecule has 0 aliphatic heterocycles. The normalized spacial score (nSPS) is 10.2. The van der Waals surface area contributed by atoms with Crippen LogP contribution in [0.3, 0.4) is 0 Å². The second-order valence-electron chi connectivity index (χ2n) is 5.04. The molecule has 0 saturated heterocycles. The van der Waals surface area contributed by atoms with Crippen LogP contribution in [0.4, 0.5) is 4.39 Å².